The summed E-state index contributed by atoms with van der Waals surface area (Å²) in [4.78, 5) is 28.1. The molecule has 3 rings (SSSR count). The van der Waals surface area contributed by atoms with Crippen molar-refractivity contribution in [3.05, 3.63) is 88.6 Å². The fourth-order valence-corrected chi connectivity index (χ4v) is 2.79. The minimum atomic E-state index is -0.492. The maximum atomic E-state index is 11.5. The molecule has 0 fully saturated rings. The lowest BCUT2D eigenvalue weighted by Gasteiger charge is -2.24. The molecule has 0 atom stereocenters. The van der Waals surface area contributed by atoms with Crippen molar-refractivity contribution >= 4 is 28.8 Å². The summed E-state index contributed by atoms with van der Waals surface area (Å²) in [6.07, 6.45) is 1.48. The third kappa shape index (κ3) is 4.82. The number of primary amides is 1. The van der Waals surface area contributed by atoms with E-state index in [2.05, 4.69) is 10.3 Å². The zero-order valence-corrected chi connectivity index (χ0v) is 15.0. The Morgan fingerprint density at radius 2 is 1.89 bits per heavy atom. The molecule has 142 valence electrons. The first-order chi connectivity index (χ1) is 13.5. The maximum Gasteiger partial charge on any atom is 0.311 e. The van der Waals surface area contributed by atoms with Crippen molar-refractivity contribution < 1.29 is 9.72 Å². The highest BCUT2D eigenvalue weighted by Crippen LogP contribution is 2.27. The SMILES string of the molecule is NC(=O)CN(Cc1ccccc1)c1cccc(Nc2ncccc2[N+](=O)[O-])c1. The number of nitrogens with two attached hydrogens (primary N) is 1. The second-order valence-corrected chi connectivity index (χ2v) is 6.11. The zero-order valence-electron chi connectivity index (χ0n) is 15.0. The van der Waals surface area contributed by atoms with Gasteiger partial charge in [0.05, 0.1) is 11.5 Å². The highest BCUT2D eigenvalue weighted by molar-refractivity contribution is 5.80. The number of aromatic nitrogens is 1. The number of amides is 1. The van der Waals surface area contributed by atoms with E-state index in [0.29, 0.717) is 12.2 Å². The first-order valence-electron chi connectivity index (χ1n) is 8.56. The predicted octanol–water partition coefficient (Wildman–Crippen LogP) is 3.23. The maximum absolute atomic E-state index is 11.5. The Morgan fingerprint density at radius 1 is 1.11 bits per heavy atom. The van der Waals surface area contributed by atoms with Crippen molar-refractivity contribution in [2.45, 2.75) is 6.54 Å². The molecule has 0 aliphatic carbocycles. The van der Waals surface area contributed by atoms with E-state index in [9.17, 15) is 14.9 Å². The number of hydrogen-bond donors (Lipinski definition) is 2. The van der Waals surface area contributed by atoms with Gasteiger partial charge in [0.1, 0.15) is 0 Å². The number of carbonyl (C=O) groups excluding carboxylic acids is 1. The monoisotopic (exact) mass is 377 g/mol. The topological polar surface area (TPSA) is 114 Å². The molecule has 8 nitrogen and oxygen atoms in total. The van der Waals surface area contributed by atoms with Crippen molar-refractivity contribution in [3.8, 4) is 0 Å². The predicted molar refractivity (Wildman–Crippen MR) is 107 cm³/mol. The van der Waals surface area contributed by atoms with Gasteiger partial charge in [0.25, 0.3) is 0 Å². The lowest BCUT2D eigenvalue weighted by Crippen LogP contribution is -2.33. The van der Waals surface area contributed by atoms with Crippen molar-refractivity contribution in [1.82, 2.24) is 4.98 Å². The summed E-state index contributed by atoms with van der Waals surface area (Å²) in [5, 5.41) is 14.1. The van der Waals surface area contributed by atoms with Crippen LogP contribution in [0, 0.1) is 10.1 Å². The molecule has 1 aromatic heterocycles. The zero-order chi connectivity index (χ0) is 19.9. The van der Waals surface area contributed by atoms with Crippen LogP contribution < -0.4 is 16.0 Å². The van der Waals surface area contributed by atoms with Crippen LogP contribution in [0.1, 0.15) is 5.56 Å². The molecule has 0 aliphatic heterocycles. The molecule has 0 aliphatic rings. The summed E-state index contributed by atoms with van der Waals surface area (Å²) in [6.45, 7) is 0.541. The molecule has 1 amide bonds. The quantitative estimate of drug-likeness (QED) is 0.460. The van der Waals surface area contributed by atoms with Crippen LogP contribution >= 0.6 is 0 Å². The summed E-state index contributed by atoms with van der Waals surface area (Å²) in [5.74, 6) is -0.302. The lowest BCUT2D eigenvalue weighted by molar-refractivity contribution is -0.384. The first kappa shape index (κ1) is 18.8. The van der Waals surface area contributed by atoms with Crippen LogP contribution in [0.5, 0.6) is 0 Å². The smallest absolute Gasteiger partial charge is 0.311 e. The molecule has 1 heterocycles. The Hall–Kier alpha value is -3.94. The number of benzene rings is 2. The number of rotatable bonds is 8. The molecular weight excluding hydrogens is 358 g/mol. The molecule has 0 saturated heterocycles. The largest absolute Gasteiger partial charge is 0.368 e. The van der Waals surface area contributed by atoms with E-state index < -0.39 is 10.8 Å². The van der Waals surface area contributed by atoms with Gasteiger partial charge < -0.3 is 16.0 Å². The first-order valence-corrected chi connectivity index (χ1v) is 8.56. The van der Waals surface area contributed by atoms with Crippen molar-refractivity contribution in [3.63, 3.8) is 0 Å². The fraction of sp³-hybridized carbons (Fsp3) is 0.100. The average Bonchev–Trinajstić information content (AvgIpc) is 2.68. The molecule has 3 N–H and O–H groups in total. The van der Waals surface area contributed by atoms with E-state index in [4.69, 9.17) is 5.73 Å². The number of pyridine rings is 1. The van der Waals surface area contributed by atoms with Gasteiger partial charge in [-0.3, -0.25) is 14.9 Å². The van der Waals surface area contributed by atoms with Crippen molar-refractivity contribution in [2.75, 3.05) is 16.8 Å². The average molecular weight is 377 g/mol. The van der Waals surface area contributed by atoms with Gasteiger partial charge in [-0.2, -0.15) is 0 Å². The Labute approximate surface area is 161 Å². The second kappa shape index (κ2) is 8.63. The molecule has 0 bridgehead atoms. The lowest BCUT2D eigenvalue weighted by atomic mass is 10.2. The van der Waals surface area contributed by atoms with Crippen LogP contribution in [0.2, 0.25) is 0 Å². The number of hydrogen-bond acceptors (Lipinski definition) is 6. The van der Waals surface area contributed by atoms with E-state index in [1.54, 1.807) is 18.2 Å². The third-order valence-electron chi connectivity index (χ3n) is 4.02. The van der Waals surface area contributed by atoms with E-state index in [-0.39, 0.29) is 18.1 Å². The van der Waals surface area contributed by atoms with Crippen LogP contribution in [0.3, 0.4) is 0 Å². The van der Waals surface area contributed by atoms with Crippen LogP contribution in [0.4, 0.5) is 22.9 Å². The van der Waals surface area contributed by atoms with Crippen molar-refractivity contribution in [1.29, 1.82) is 0 Å². The molecule has 0 unspecified atom stereocenters. The van der Waals surface area contributed by atoms with Gasteiger partial charge in [0.15, 0.2) is 0 Å². The highest BCUT2D eigenvalue weighted by atomic mass is 16.6. The van der Waals surface area contributed by atoms with Crippen molar-refractivity contribution in [2.24, 2.45) is 5.73 Å². The summed E-state index contributed by atoms with van der Waals surface area (Å²) >= 11 is 0. The minimum absolute atomic E-state index is 0.0437. The summed E-state index contributed by atoms with van der Waals surface area (Å²) in [5.41, 5.74) is 7.70. The summed E-state index contributed by atoms with van der Waals surface area (Å²) in [6, 6.07) is 19.8. The molecule has 3 aromatic rings. The molecule has 2 aromatic carbocycles. The summed E-state index contributed by atoms with van der Waals surface area (Å²) in [7, 11) is 0. The van der Waals surface area contributed by atoms with Gasteiger partial charge in [-0.15, -0.1) is 0 Å². The second-order valence-electron chi connectivity index (χ2n) is 6.11. The molecule has 0 saturated carbocycles. The van der Waals surface area contributed by atoms with Gasteiger partial charge in [0.2, 0.25) is 11.7 Å². The highest BCUT2D eigenvalue weighted by Gasteiger charge is 2.15. The number of nitro groups is 1. The number of anilines is 3. The van der Waals surface area contributed by atoms with Gasteiger partial charge in [-0.05, 0) is 29.8 Å². The Balaban J connectivity index is 1.87. The van der Waals surface area contributed by atoms with Crippen LogP contribution in [-0.2, 0) is 11.3 Å². The Kier molecular flexibility index (Phi) is 5.81. The molecule has 8 heteroatoms. The van der Waals surface area contributed by atoms with E-state index >= 15 is 0 Å². The standard InChI is InChI=1S/C20H19N5O3/c21-19(26)14-24(13-15-6-2-1-3-7-15)17-9-4-8-16(12-17)23-20-18(25(27)28)10-5-11-22-20/h1-12H,13-14H2,(H2,21,26)(H,22,23). The Bertz CT molecular complexity index is 978. The van der Waals surface area contributed by atoms with Crippen LogP contribution in [0.15, 0.2) is 72.9 Å². The number of carbonyl (C=O) groups is 1. The minimum Gasteiger partial charge on any atom is -0.368 e. The van der Waals surface area contributed by atoms with Gasteiger partial charge >= 0.3 is 5.69 Å². The number of nitrogens with zero attached hydrogens (tertiary/aromatic N) is 3. The molecular formula is C20H19N5O3. The molecule has 28 heavy (non-hydrogen) atoms. The van der Waals surface area contributed by atoms with E-state index in [1.165, 1.54) is 18.3 Å². The molecule has 0 radical (unpaired) electrons. The van der Waals surface area contributed by atoms with E-state index in [1.807, 2.05) is 41.3 Å². The fourth-order valence-electron chi connectivity index (χ4n) is 2.79. The van der Waals surface area contributed by atoms with Gasteiger partial charge in [-0.25, -0.2) is 4.98 Å². The van der Waals surface area contributed by atoms with Crippen LogP contribution in [0.25, 0.3) is 0 Å². The van der Waals surface area contributed by atoms with Gasteiger partial charge in [-0.1, -0.05) is 36.4 Å². The number of nitrogens with one attached hydrogen (secondary N) is 1. The Morgan fingerprint density at radius 3 is 2.61 bits per heavy atom. The molecule has 0 spiro atoms. The van der Waals surface area contributed by atoms with Gasteiger partial charge in [0, 0.05) is 30.2 Å². The third-order valence-corrected chi connectivity index (χ3v) is 4.02. The van der Waals surface area contributed by atoms with Crippen LogP contribution in [-0.4, -0.2) is 22.4 Å². The normalized spacial score (nSPS) is 10.3. The van der Waals surface area contributed by atoms with E-state index in [0.717, 1.165) is 11.3 Å². The summed E-state index contributed by atoms with van der Waals surface area (Å²) < 4.78 is 0.